The van der Waals surface area contributed by atoms with E-state index in [1.165, 1.54) is 25.1 Å². The van der Waals surface area contributed by atoms with Gasteiger partial charge in [0.1, 0.15) is 22.5 Å². The van der Waals surface area contributed by atoms with Crippen molar-refractivity contribution in [1.29, 1.82) is 0 Å². The van der Waals surface area contributed by atoms with E-state index < -0.39 is 32.3 Å². The van der Waals surface area contributed by atoms with Crippen LogP contribution in [-0.2, 0) is 38.0 Å². The summed E-state index contributed by atoms with van der Waals surface area (Å²) in [5.74, 6) is -0.841. The number of benzene rings is 2. The highest BCUT2D eigenvalue weighted by atomic mass is 32.2. The maximum absolute atomic E-state index is 14.0. The van der Waals surface area contributed by atoms with E-state index in [0.717, 1.165) is 22.8 Å². The highest BCUT2D eigenvalue weighted by molar-refractivity contribution is 7.89. The Hall–Kier alpha value is -4.09. The maximum atomic E-state index is 14.0. The van der Waals surface area contributed by atoms with Crippen LogP contribution in [0.1, 0.15) is 42.9 Å². The summed E-state index contributed by atoms with van der Waals surface area (Å²) in [5, 5.41) is 5.95. The van der Waals surface area contributed by atoms with Gasteiger partial charge in [-0.2, -0.15) is 0 Å². The average molecular weight is 595 g/mol. The smallest absolute Gasteiger partial charge is 0.243 e. The van der Waals surface area contributed by atoms with E-state index in [1.807, 2.05) is 42.5 Å². The Morgan fingerprint density at radius 1 is 1.12 bits per heavy atom. The summed E-state index contributed by atoms with van der Waals surface area (Å²) >= 11 is 0. The van der Waals surface area contributed by atoms with Gasteiger partial charge in [-0.3, -0.25) is 14.6 Å². The third-order valence-corrected chi connectivity index (χ3v) is 8.61. The van der Waals surface area contributed by atoms with Crippen molar-refractivity contribution in [2.45, 2.75) is 55.5 Å². The summed E-state index contributed by atoms with van der Waals surface area (Å²) in [7, 11) is -2.41. The molecular weight excluding hydrogens is 559 g/mol. The third kappa shape index (κ3) is 7.59. The van der Waals surface area contributed by atoms with E-state index in [2.05, 4.69) is 20.3 Å². The van der Waals surface area contributed by atoms with Crippen LogP contribution in [0.3, 0.4) is 0 Å². The normalized spacial score (nSPS) is 16.7. The number of hydrogen-bond acceptors (Lipinski definition) is 6. The van der Waals surface area contributed by atoms with E-state index in [9.17, 15) is 22.4 Å². The monoisotopic (exact) mass is 594 g/mol. The molecule has 0 fully saturated rings. The molecule has 4 rings (SSSR count). The molecule has 1 unspecified atom stereocenters. The van der Waals surface area contributed by atoms with Crippen LogP contribution in [0, 0.1) is 5.82 Å². The molecule has 1 aliphatic carbocycles. The zero-order chi connectivity index (χ0) is 30.2. The molecular formula is C31H35FN4O5S. The molecule has 0 spiro atoms. The number of nitrogens with zero attached hydrogens (tertiary/aromatic N) is 1. The zero-order valence-corrected chi connectivity index (χ0v) is 24.4. The van der Waals surface area contributed by atoms with Gasteiger partial charge in [-0.25, -0.2) is 17.5 Å². The summed E-state index contributed by atoms with van der Waals surface area (Å²) in [6.07, 6.45) is 9.62. The Bertz CT molecular complexity index is 1550. The Balaban J connectivity index is 1.48. The molecule has 2 atom stereocenters. The topological polar surface area (TPSA) is 126 Å². The number of nitrogens with one attached hydrogen (secondary N) is 3. The first-order valence-electron chi connectivity index (χ1n) is 13.7. The SMILES string of the molecule is COc1ccc2c(c1)CC=CC2(Cc1cccnc1)NC(=O)[C@H](CCCCNS(=O)(=O)c1ccccc1F)NC(C)=O. The van der Waals surface area contributed by atoms with Gasteiger partial charge in [0.15, 0.2) is 0 Å². The van der Waals surface area contributed by atoms with Gasteiger partial charge in [0.2, 0.25) is 21.8 Å². The van der Waals surface area contributed by atoms with Crippen LogP contribution in [0.2, 0.25) is 0 Å². The third-order valence-electron chi connectivity index (χ3n) is 7.12. The highest BCUT2D eigenvalue weighted by Gasteiger charge is 2.37. The van der Waals surface area contributed by atoms with Gasteiger partial charge >= 0.3 is 0 Å². The number of allylic oxidation sites excluding steroid dienone is 1. The number of fused-ring (bicyclic) bond motifs is 1. The number of amides is 2. The van der Waals surface area contributed by atoms with Gasteiger partial charge < -0.3 is 15.4 Å². The molecule has 0 aliphatic heterocycles. The Morgan fingerprint density at radius 3 is 2.64 bits per heavy atom. The molecule has 3 N–H and O–H groups in total. The van der Waals surface area contributed by atoms with Gasteiger partial charge in [-0.05, 0) is 72.7 Å². The van der Waals surface area contributed by atoms with Crippen molar-refractivity contribution in [2.75, 3.05) is 13.7 Å². The fourth-order valence-electron chi connectivity index (χ4n) is 5.15. The Labute approximate surface area is 245 Å². The van der Waals surface area contributed by atoms with E-state index in [0.29, 0.717) is 31.4 Å². The summed E-state index contributed by atoms with van der Waals surface area (Å²) in [5.41, 5.74) is 1.96. The first kappa shape index (κ1) is 30.9. The van der Waals surface area contributed by atoms with Gasteiger partial charge in [-0.15, -0.1) is 0 Å². The average Bonchev–Trinajstić information content (AvgIpc) is 2.96. The fourth-order valence-corrected chi connectivity index (χ4v) is 6.30. The summed E-state index contributed by atoms with van der Waals surface area (Å²) in [6.45, 7) is 1.39. The number of methoxy groups -OCH3 is 1. The lowest BCUT2D eigenvalue weighted by molar-refractivity contribution is -0.129. The molecule has 222 valence electrons. The minimum atomic E-state index is -4.01. The summed E-state index contributed by atoms with van der Waals surface area (Å²) in [4.78, 5) is 29.6. The second-order valence-electron chi connectivity index (χ2n) is 10.2. The lowest BCUT2D eigenvalue weighted by Gasteiger charge is -2.38. The molecule has 9 nitrogen and oxygen atoms in total. The molecule has 0 bridgehead atoms. The number of aromatic nitrogens is 1. The van der Waals surface area contributed by atoms with Crippen molar-refractivity contribution in [1.82, 2.24) is 20.3 Å². The van der Waals surface area contributed by atoms with Crippen LogP contribution in [0.25, 0.3) is 0 Å². The molecule has 0 saturated carbocycles. The van der Waals surface area contributed by atoms with E-state index in [4.69, 9.17) is 4.74 Å². The number of sulfonamides is 1. The van der Waals surface area contributed by atoms with E-state index in [1.54, 1.807) is 19.5 Å². The van der Waals surface area contributed by atoms with Crippen LogP contribution in [0.5, 0.6) is 5.75 Å². The van der Waals surface area contributed by atoms with Crippen molar-refractivity contribution < 1.29 is 27.1 Å². The van der Waals surface area contributed by atoms with Crippen molar-refractivity contribution in [3.8, 4) is 5.75 Å². The quantitative estimate of drug-likeness (QED) is 0.205. The molecule has 0 radical (unpaired) electrons. The van der Waals surface area contributed by atoms with Crippen molar-refractivity contribution >= 4 is 21.8 Å². The fraction of sp³-hybridized carbons (Fsp3) is 0.323. The van der Waals surface area contributed by atoms with Gasteiger partial charge in [0.05, 0.1) is 12.6 Å². The van der Waals surface area contributed by atoms with Gasteiger partial charge in [0, 0.05) is 32.3 Å². The molecule has 1 aliphatic rings. The van der Waals surface area contributed by atoms with Crippen LogP contribution in [0.15, 0.2) is 84.0 Å². The number of halogens is 1. The van der Waals surface area contributed by atoms with Gasteiger partial charge in [-0.1, -0.05) is 36.4 Å². The second kappa shape index (κ2) is 13.7. The number of unbranched alkanes of at least 4 members (excludes halogenated alkanes) is 1. The Morgan fingerprint density at radius 2 is 1.93 bits per heavy atom. The first-order chi connectivity index (χ1) is 20.1. The van der Waals surface area contributed by atoms with Crippen molar-refractivity contribution in [2.24, 2.45) is 0 Å². The lowest BCUT2D eigenvalue weighted by Crippen LogP contribution is -2.54. The minimum Gasteiger partial charge on any atom is -0.497 e. The van der Waals surface area contributed by atoms with Crippen LogP contribution in [0.4, 0.5) is 4.39 Å². The number of hydrogen-bond donors (Lipinski definition) is 3. The lowest BCUT2D eigenvalue weighted by atomic mass is 9.77. The number of carbonyl (C=O) groups excluding carboxylic acids is 2. The van der Waals surface area contributed by atoms with E-state index in [-0.39, 0.29) is 24.8 Å². The Kier molecular flexibility index (Phi) is 10.1. The molecule has 42 heavy (non-hydrogen) atoms. The molecule has 2 amide bonds. The maximum Gasteiger partial charge on any atom is 0.243 e. The highest BCUT2D eigenvalue weighted by Crippen LogP contribution is 2.36. The van der Waals surface area contributed by atoms with Crippen molar-refractivity contribution in [3.63, 3.8) is 0 Å². The number of rotatable bonds is 13. The summed E-state index contributed by atoms with van der Waals surface area (Å²) < 4.78 is 46.7. The van der Waals surface area contributed by atoms with Crippen LogP contribution >= 0.6 is 0 Å². The van der Waals surface area contributed by atoms with E-state index >= 15 is 0 Å². The van der Waals surface area contributed by atoms with Crippen LogP contribution in [-0.4, -0.2) is 44.9 Å². The van der Waals surface area contributed by atoms with Crippen LogP contribution < -0.4 is 20.1 Å². The minimum absolute atomic E-state index is 0.0496. The molecule has 3 aromatic rings. The first-order valence-corrected chi connectivity index (χ1v) is 15.2. The number of ether oxygens (including phenoxy) is 1. The molecule has 1 aromatic heterocycles. The predicted molar refractivity (Wildman–Crippen MR) is 157 cm³/mol. The zero-order valence-electron chi connectivity index (χ0n) is 23.6. The molecule has 1 heterocycles. The molecule has 2 aromatic carbocycles. The summed E-state index contributed by atoms with van der Waals surface area (Å²) in [6, 6.07) is 13.8. The molecule has 11 heteroatoms. The standard InChI is InChI=1S/C31H35FN4O5S/c1-22(37)35-28(12-5-6-18-34-42(39,40)29-13-4-3-11-27(29)32)30(38)36-31(20-23-9-8-17-33-21-23)16-7-10-24-19-25(41-2)14-15-26(24)31/h3-4,7-9,11,13-17,19,21,28,34H,5-6,10,12,18,20H2,1-2H3,(H,35,37)(H,36,38)/t28-,31?/m0/s1. The molecule has 0 saturated heterocycles. The van der Waals surface area contributed by atoms with Gasteiger partial charge in [0.25, 0.3) is 0 Å². The second-order valence-corrected chi connectivity index (χ2v) is 11.9. The van der Waals surface area contributed by atoms with Crippen molar-refractivity contribution in [3.05, 3.63) is 102 Å². The largest absolute Gasteiger partial charge is 0.497 e. The predicted octanol–water partition coefficient (Wildman–Crippen LogP) is 3.55. The number of carbonyl (C=O) groups is 2. The number of pyridine rings is 1.